The minimum Gasteiger partial charge on any atom is -0.331 e. The zero-order chi connectivity index (χ0) is 18.5. The van der Waals surface area contributed by atoms with E-state index in [1.807, 2.05) is 0 Å². The molecular weight excluding hydrogens is 418 g/mol. The second-order valence-corrected chi connectivity index (χ2v) is 7.81. The van der Waals surface area contributed by atoms with Crippen LogP contribution in [-0.2, 0) is 9.59 Å². The summed E-state index contributed by atoms with van der Waals surface area (Å²) < 4.78 is 0.899. The van der Waals surface area contributed by atoms with Crippen LogP contribution in [0.3, 0.4) is 0 Å². The minimum atomic E-state index is -0.491. The Kier molecular flexibility index (Phi) is 6.16. The first-order chi connectivity index (χ1) is 12.5. The van der Waals surface area contributed by atoms with Crippen molar-refractivity contribution in [3.05, 3.63) is 45.9 Å². The lowest BCUT2D eigenvalue weighted by Crippen LogP contribution is -2.43. The number of hydrogen-bond acceptors (Lipinski definition) is 5. The predicted molar refractivity (Wildman–Crippen MR) is 103 cm³/mol. The number of anilines is 1. The van der Waals surface area contributed by atoms with E-state index in [9.17, 15) is 14.4 Å². The fourth-order valence-electron chi connectivity index (χ4n) is 2.96. The normalized spacial score (nSPS) is 16.5. The summed E-state index contributed by atoms with van der Waals surface area (Å²) >= 11 is 4.67. The van der Waals surface area contributed by atoms with E-state index in [4.69, 9.17) is 0 Å². The van der Waals surface area contributed by atoms with Crippen LogP contribution in [0.2, 0.25) is 0 Å². The van der Waals surface area contributed by atoms with Gasteiger partial charge in [-0.2, -0.15) is 0 Å². The number of likely N-dealkylation sites (tertiary alicyclic amines) is 1. The van der Waals surface area contributed by atoms with E-state index in [1.165, 1.54) is 11.3 Å². The second-order valence-electron chi connectivity index (χ2n) is 6.00. The van der Waals surface area contributed by atoms with Crippen LogP contribution in [0.15, 0.2) is 40.3 Å². The van der Waals surface area contributed by atoms with Gasteiger partial charge in [0, 0.05) is 41.0 Å². The quantitative estimate of drug-likeness (QED) is 0.704. The maximum Gasteiger partial charge on any atom is 0.248 e. The highest BCUT2D eigenvalue weighted by atomic mass is 79.9. The van der Waals surface area contributed by atoms with Crippen LogP contribution in [0.1, 0.15) is 36.0 Å². The van der Waals surface area contributed by atoms with Crippen LogP contribution < -0.4 is 5.32 Å². The first-order valence-electron chi connectivity index (χ1n) is 8.33. The van der Waals surface area contributed by atoms with Crippen LogP contribution in [0, 0.1) is 0 Å². The Morgan fingerprint density at radius 1 is 1.23 bits per heavy atom. The molecule has 2 aromatic rings. The van der Waals surface area contributed by atoms with E-state index in [2.05, 4.69) is 26.2 Å². The summed E-state index contributed by atoms with van der Waals surface area (Å²) in [5.74, 6) is -0.453. The van der Waals surface area contributed by atoms with Crippen LogP contribution in [-0.4, -0.2) is 40.1 Å². The molecule has 2 amide bonds. The number of nitrogens with one attached hydrogen (secondary N) is 1. The number of Topliss-reactive ketones (excluding diaryl/α,β-unsaturated/α-hetero) is 1. The molecule has 0 aliphatic carbocycles. The Labute approximate surface area is 163 Å². The van der Waals surface area contributed by atoms with Gasteiger partial charge in [0.05, 0.1) is 0 Å². The smallest absolute Gasteiger partial charge is 0.248 e. The lowest BCUT2D eigenvalue weighted by Gasteiger charge is -2.23. The molecule has 1 saturated heterocycles. The molecule has 1 aromatic carbocycles. The SMILES string of the molecule is O=C(CCC(=O)N1CCCC1C(=O)Nc1nccs1)c1ccc(Br)cc1. The average molecular weight is 436 g/mol. The fraction of sp³-hybridized carbons (Fsp3) is 0.333. The summed E-state index contributed by atoms with van der Waals surface area (Å²) in [6.45, 7) is 0.543. The number of benzene rings is 1. The molecule has 1 N–H and O–H groups in total. The minimum absolute atomic E-state index is 0.0752. The Morgan fingerprint density at radius 2 is 2.00 bits per heavy atom. The summed E-state index contributed by atoms with van der Waals surface area (Å²) in [5.41, 5.74) is 0.584. The lowest BCUT2D eigenvalue weighted by molar-refractivity contribution is -0.136. The predicted octanol–water partition coefficient (Wildman–Crippen LogP) is 3.50. The van der Waals surface area contributed by atoms with Gasteiger partial charge in [-0.25, -0.2) is 4.98 Å². The van der Waals surface area contributed by atoms with E-state index in [-0.39, 0.29) is 30.4 Å². The Hall–Kier alpha value is -2.06. The molecule has 3 rings (SSSR count). The third-order valence-corrected chi connectivity index (χ3v) is 5.49. The van der Waals surface area contributed by atoms with E-state index >= 15 is 0 Å². The molecule has 0 spiro atoms. The third-order valence-electron chi connectivity index (χ3n) is 4.27. The summed E-state index contributed by atoms with van der Waals surface area (Å²) in [5, 5.41) is 5.05. The molecule has 0 radical (unpaired) electrons. The van der Waals surface area contributed by atoms with Gasteiger partial charge in [-0.3, -0.25) is 14.4 Å². The standard InChI is InChI=1S/C18H18BrN3O3S/c19-13-5-3-12(4-6-13)15(23)7-8-16(24)22-10-1-2-14(22)17(25)21-18-20-9-11-26-18/h3-6,9,11,14H,1-2,7-8,10H2,(H,20,21,25). The maximum atomic E-state index is 12.5. The van der Waals surface area contributed by atoms with Gasteiger partial charge >= 0.3 is 0 Å². The van der Waals surface area contributed by atoms with Gasteiger partial charge in [0.2, 0.25) is 11.8 Å². The first kappa shape index (κ1) is 18.7. The highest BCUT2D eigenvalue weighted by molar-refractivity contribution is 9.10. The van der Waals surface area contributed by atoms with Crippen LogP contribution in [0.5, 0.6) is 0 Å². The van der Waals surface area contributed by atoms with Gasteiger partial charge in [-0.15, -0.1) is 11.3 Å². The number of rotatable bonds is 6. The van der Waals surface area contributed by atoms with Crippen molar-refractivity contribution in [2.45, 2.75) is 31.7 Å². The van der Waals surface area contributed by atoms with Crippen molar-refractivity contribution in [3.8, 4) is 0 Å². The van der Waals surface area contributed by atoms with Crippen molar-refractivity contribution < 1.29 is 14.4 Å². The van der Waals surface area contributed by atoms with Crippen LogP contribution >= 0.6 is 27.3 Å². The number of amides is 2. The monoisotopic (exact) mass is 435 g/mol. The van der Waals surface area contributed by atoms with Crippen molar-refractivity contribution in [1.29, 1.82) is 0 Å². The van der Waals surface area contributed by atoms with Gasteiger partial charge in [0.1, 0.15) is 6.04 Å². The van der Waals surface area contributed by atoms with Crippen molar-refractivity contribution >= 4 is 50.0 Å². The number of carbonyl (C=O) groups is 3. The molecule has 0 saturated carbocycles. The first-order valence-corrected chi connectivity index (χ1v) is 10.0. The van der Waals surface area contributed by atoms with Crippen molar-refractivity contribution in [3.63, 3.8) is 0 Å². The average Bonchev–Trinajstić information content (AvgIpc) is 3.31. The molecule has 1 fully saturated rings. The number of thiazole rings is 1. The van der Waals surface area contributed by atoms with Crippen LogP contribution in [0.4, 0.5) is 5.13 Å². The maximum absolute atomic E-state index is 12.5. The van der Waals surface area contributed by atoms with E-state index in [0.29, 0.717) is 23.7 Å². The summed E-state index contributed by atoms with van der Waals surface area (Å²) in [6, 6.07) is 6.58. The molecule has 136 valence electrons. The van der Waals surface area contributed by atoms with E-state index in [0.717, 1.165) is 10.9 Å². The molecule has 8 heteroatoms. The van der Waals surface area contributed by atoms with Gasteiger partial charge < -0.3 is 10.2 Å². The molecule has 1 unspecified atom stereocenters. The summed E-state index contributed by atoms with van der Waals surface area (Å²) in [7, 11) is 0. The van der Waals surface area contributed by atoms with Gasteiger partial charge in [-0.05, 0) is 25.0 Å². The number of carbonyl (C=O) groups excluding carboxylic acids is 3. The molecule has 1 aliphatic heterocycles. The van der Waals surface area contributed by atoms with Crippen molar-refractivity contribution in [2.75, 3.05) is 11.9 Å². The third kappa shape index (κ3) is 4.56. The number of hydrogen-bond donors (Lipinski definition) is 1. The Bertz CT molecular complexity index is 793. The fourth-order valence-corrected chi connectivity index (χ4v) is 3.75. The number of ketones is 1. The largest absolute Gasteiger partial charge is 0.331 e. The highest BCUT2D eigenvalue weighted by Gasteiger charge is 2.34. The number of halogens is 1. The molecule has 1 aliphatic rings. The topological polar surface area (TPSA) is 79.4 Å². The lowest BCUT2D eigenvalue weighted by atomic mass is 10.1. The number of aromatic nitrogens is 1. The molecule has 26 heavy (non-hydrogen) atoms. The zero-order valence-electron chi connectivity index (χ0n) is 14.0. The number of nitrogens with zero attached hydrogens (tertiary/aromatic N) is 2. The van der Waals surface area contributed by atoms with Crippen molar-refractivity contribution in [1.82, 2.24) is 9.88 Å². The molecule has 1 aromatic heterocycles. The van der Waals surface area contributed by atoms with Gasteiger partial charge in [-0.1, -0.05) is 28.1 Å². The van der Waals surface area contributed by atoms with Crippen LogP contribution in [0.25, 0.3) is 0 Å². The molecular formula is C18H18BrN3O3S. The van der Waals surface area contributed by atoms with Crippen molar-refractivity contribution in [2.24, 2.45) is 0 Å². The Morgan fingerprint density at radius 3 is 2.69 bits per heavy atom. The zero-order valence-corrected chi connectivity index (χ0v) is 16.4. The molecule has 1 atom stereocenters. The van der Waals surface area contributed by atoms with E-state index < -0.39 is 6.04 Å². The highest BCUT2D eigenvalue weighted by Crippen LogP contribution is 2.22. The molecule has 6 nitrogen and oxygen atoms in total. The second kappa shape index (κ2) is 8.55. The molecule has 0 bridgehead atoms. The summed E-state index contributed by atoms with van der Waals surface area (Å²) in [4.78, 5) is 42.8. The van der Waals surface area contributed by atoms with E-state index in [1.54, 1.807) is 40.7 Å². The summed E-state index contributed by atoms with van der Waals surface area (Å²) in [6.07, 6.45) is 3.27. The Balaban J connectivity index is 1.55. The van der Waals surface area contributed by atoms with Gasteiger partial charge in [0.25, 0.3) is 0 Å². The van der Waals surface area contributed by atoms with Gasteiger partial charge in [0.15, 0.2) is 10.9 Å². The molecule has 2 heterocycles.